The molecular weight excluding hydrogens is 152 g/mol. The van der Waals surface area contributed by atoms with Crippen LogP contribution in [-0.4, -0.2) is 24.1 Å². The topological polar surface area (TPSA) is 67.3 Å². The molecule has 0 saturated carbocycles. The van der Waals surface area contributed by atoms with Gasteiger partial charge in [-0.2, -0.15) is 0 Å². The molecule has 0 aromatic carbocycles. The molecule has 0 aliphatic rings. The zero-order valence-corrected chi connectivity index (χ0v) is 8.17. The predicted molar refractivity (Wildman–Crippen MR) is 52.0 cm³/mol. The van der Waals surface area contributed by atoms with E-state index in [1.54, 1.807) is 11.2 Å². The van der Waals surface area contributed by atoms with Gasteiger partial charge in [-0.05, 0) is 6.92 Å². The summed E-state index contributed by atoms with van der Waals surface area (Å²) >= 11 is 0. The Morgan fingerprint density at radius 1 is 1.58 bits per heavy atom. The Bertz CT molecular complexity index is 142. The molecule has 0 atom stereocenters. The SMILES string of the molecule is CCN(N)/C=C(\N)CNC(C)C. The number of hydrogen-bond acceptors (Lipinski definition) is 4. The smallest absolute Gasteiger partial charge is 0.0398 e. The van der Waals surface area contributed by atoms with Crippen LogP contribution >= 0.6 is 0 Å². The fraction of sp³-hybridized carbons (Fsp3) is 0.750. The van der Waals surface area contributed by atoms with Crippen LogP contribution in [0.15, 0.2) is 11.9 Å². The minimum atomic E-state index is 0.449. The zero-order chi connectivity index (χ0) is 9.56. The average Bonchev–Trinajstić information content (AvgIpc) is 2.00. The quantitative estimate of drug-likeness (QED) is 0.403. The maximum atomic E-state index is 5.68. The lowest BCUT2D eigenvalue weighted by atomic mass is 10.3. The lowest BCUT2D eigenvalue weighted by Crippen LogP contribution is -2.31. The predicted octanol–water partition coefficient (Wildman–Crippen LogP) is -0.0199. The van der Waals surface area contributed by atoms with Crippen LogP contribution in [0.3, 0.4) is 0 Å². The third-order valence-electron chi connectivity index (χ3n) is 1.41. The van der Waals surface area contributed by atoms with Gasteiger partial charge < -0.3 is 16.1 Å². The summed E-state index contributed by atoms with van der Waals surface area (Å²) in [5.74, 6) is 5.53. The Labute approximate surface area is 74.6 Å². The normalized spacial score (nSPS) is 12.2. The fourth-order valence-electron chi connectivity index (χ4n) is 0.672. The molecule has 12 heavy (non-hydrogen) atoms. The third kappa shape index (κ3) is 6.00. The van der Waals surface area contributed by atoms with Gasteiger partial charge >= 0.3 is 0 Å². The standard InChI is InChI=1S/C8H20N4/c1-4-12(10)6-8(9)5-11-7(2)3/h6-7,11H,4-5,9-10H2,1-3H3/b8-6-. The minimum Gasteiger partial charge on any atom is -0.400 e. The van der Waals surface area contributed by atoms with Gasteiger partial charge in [0.05, 0.1) is 0 Å². The molecule has 0 aromatic rings. The number of hydrazine groups is 1. The second kappa shape index (κ2) is 5.85. The van der Waals surface area contributed by atoms with Gasteiger partial charge in [0.25, 0.3) is 0 Å². The molecule has 4 heteroatoms. The summed E-state index contributed by atoms with van der Waals surface area (Å²) in [5, 5.41) is 4.77. The Morgan fingerprint density at radius 3 is 2.58 bits per heavy atom. The zero-order valence-electron chi connectivity index (χ0n) is 8.17. The summed E-state index contributed by atoms with van der Waals surface area (Å²) in [6, 6.07) is 0.449. The van der Waals surface area contributed by atoms with Crippen molar-refractivity contribution in [2.45, 2.75) is 26.8 Å². The first-order chi connectivity index (χ1) is 5.56. The molecule has 0 unspecified atom stereocenters. The molecule has 4 nitrogen and oxygen atoms in total. The maximum Gasteiger partial charge on any atom is 0.0398 e. The van der Waals surface area contributed by atoms with Crippen LogP contribution in [0.5, 0.6) is 0 Å². The van der Waals surface area contributed by atoms with E-state index < -0.39 is 0 Å². The van der Waals surface area contributed by atoms with E-state index in [1.165, 1.54) is 0 Å². The van der Waals surface area contributed by atoms with Gasteiger partial charge in [0, 0.05) is 31.0 Å². The molecule has 0 aliphatic heterocycles. The van der Waals surface area contributed by atoms with Crippen LogP contribution < -0.4 is 16.9 Å². The molecular formula is C8H20N4. The van der Waals surface area contributed by atoms with Gasteiger partial charge in [0.15, 0.2) is 0 Å². The molecule has 72 valence electrons. The third-order valence-corrected chi connectivity index (χ3v) is 1.41. The summed E-state index contributed by atoms with van der Waals surface area (Å²) in [4.78, 5) is 0. The van der Waals surface area contributed by atoms with Crippen LogP contribution in [0.1, 0.15) is 20.8 Å². The number of nitrogens with two attached hydrogens (primary N) is 2. The molecule has 0 heterocycles. The summed E-state index contributed by atoms with van der Waals surface area (Å²) in [5.41, 5.74) is 6.43. The second-order valence-corrected chi connectivity index (χ2v) is 3.07. The molecule has 0 saturated heterocycles. The Balaban J connectivity index is 3.69. The Hall–Kier alpha value is -0.740. The van der Waals surface area contributed by atoms with Crippen molar-refractivity contribution in [3.8, 4) is 0 Å². The van der Waals surface area contributed by atoms with Crippen molar-refractivity contribution in [2.75, 3.05) is 13.1 Å². The van der Waals surface area contributed by atoms with Crippen LogP contribution in [0, 0.1) is 0 Å². The van der Waals surface area contributed by atoms with E-state index in [0.717, 1.165) is 12.2 Å². The highest BCUT2D eigenvalue weighted by Gasteiger charge is 1.94. The minimum absolute atomic E-state index is 0.449. The summed E-state index contributed by atoms with van der Waals surface area (Å²) in [7, 11) is 0. The van der Waals surface area contributed by atoms with Crippen molar-refractivity contribution in [1.82, 2.24) is 10.3 Å². The largest absolute Gasteiger partial charge is 0.400 e. The van der Waals surface area contributed by atoms with Gasteiger partial charge in [-0.3, -0.25) is 0 Å². The number of nitrogens with one attached hydrogen (secondary N) is 1. The molecule has 0 aromatic heterocycles. The second-order valence-electron chi connectivity index (χ2n) is 3.07. The van der Waals surface area contributed by atoms with Crippen molar-refractivity contribution >= 4 is 0 Å². The van der Waals surface area contributed by atoms with E-state index in [0.29, 0.717) is 12.6 Å². The molecule has 5 N–H and O–H groups in total. The highest BCUT2D eigenvalue weighted by Crippen LogP contribution is 1.86. The average molecular weight is 172 g/mol. The number of hydrogen-bond donors (Lipinski definition) is 3. The lowest BCUT2D eigenvalue weighted by Gasteiger charge is -2.13. The van der Waals surface area contributed by atoms with Crippen LogP contribution in [0.25, 0.3) is 0 Å². The molecule has 0 radical (unpaired) electrons. The van der Waals surface area contributed by atoms with E-state index in [1.807, 2.05) is 6.92 Å². The first-order valence-corrected chi connectivity index (χ1v) is 4.27. The molecule has 0 amide bonds. The van der Waals surface area contributed by atoms with Crippen molar-refractivity contribution in [2.24, 2.45) is 11.6 Å². The molecule has 0 rings (SSSR count). The van der Waals surface area contributed by atoms with E-state index >= 15 is 0 Å². The van der Waals surface area contributed by atoms with Gasteiger partial charge in [0.2, 0.25) is 0 Å². The van der Waals surface area contributed by atoms with Crippen molar-refractivity contribution in [3.05, 3.63) is 11.9 Å². The van der Waals surface area contributed by atoms with E-state index in [4.69, 9.17) is 11.6 Å². The van der Waals surface area contributed by atoms with Crippen LogP contribution in [-0.2, 0) is 0 Å². The van der Waals surface area contributed by atoms with Crippen molar-refractivity contribution < 1.29 is 0 Å². The van der Waals surface area contributed by atoms with Crippen molar-refractivity contribution in [3.63, 3.8) is 0 Å². The van der Waals surface area contributed by atoms with Gasteiger partial charge in [-0.25, -0.2) is 5.84 Å². The van der Waals surface area contributed by atoms with Gasteiger partial charge in [-0.15, -0.1) is 0 Å². The highest BCUT2D eigenvalue weighted by atomic mass is 15.4. The van der Waals surface area contributed by atoms with Crippen LogP contribution in [0.4, 0.5) is 0 Å². The van der Waals surface area contributed by atoms with Gasteiger partial charge in [-0.1, -0.05) is 13.8 Å². The fourth-order valence-corrected chi connectivity index (χ4v) is 0.672. The Kier molecular flexibility index (Phi) is 5.49. The molecule has 0 bridgehead atoms. The van der Waals surface area contributed by atoms with Crippen LogP contribution in [0.2, 0.25) is 0 Å². The number of nitrogens with zero attached hydrogens (tertiary/aromatic N) is 1. The first kappa shape index (κ1) is 11.3. The molecule has 0 aliphatic carbocycles. The highest BCUT2D eigenvalue weighted by molar-refractivity contribution is 4.97. The summed E-state index contributed by atoms with van der Waals surface area (Å²) < 4.78 is 0. The first-order valence-electron chi connectivity index (χ1n) is 4.27. The Morgan fingerprint density at radius 2 is 2.17 bits per heavy atom. The summed E-state index contributed by atoms with van der Waals surface area (Å²) in [6.45, 7) is 7.58. The molecule has 0 spiro atoms. The monoisotopic (exact) mass is 172 g/mol. The lowest BCUT2D eigenvalue weighted by molar-refractivity contribution is 0.411. The maximum absolute atomic E-state index is 5.68. The summed E-state index contributed by atoms with van der Waals surface area (Å²) in [6.07, 6.45) is 1.75. The van der Waals surface area contributed by atoms with Crippen molar-refractivity contribution in [1.29, 1.82) is 0 Å². The number of rotatable bonds is 5. The van der Waals surface area contributed by atoms with E-state index in [-0.39, 0.29) is 0 Å². The van der Waals surface area contributed by atoms with E-state index in [9.17, 15) is 0 Å². The molecule has 0 fully saturated rings. The van der Waals surface area contributed by atoms with E-state index in [2.05, 4.69) is 19.2 Å². The van der Waals surface area contributed by atoms with Gasteiger partial charge in [0.1, 0.15) is 0 Å².